The molecule has 2 atom stereocenters. The van der Waals surface area contributed by atoms with Crippen molar-refractivity contribution in [2.45, 2.75) is 51.4 Å². The number of carbonyl (C=O) groups excluding carboxylic acids is 1. The molecule has 1 aromatic heterocycles. The van der Waals surface area contributed by atoms with E-state index >= 15 is 0 Å². The molecule has 0 spiro atoms. The molecular weight excluding hydrogens is 372 g/mol. The van der Waals surface area contributed by atoms with Gasteiger partial charge in [-0.25, -0.2) is 4.98 Å². The first kappa shape index (κ1) is 19.1. The van der Waals surface area contributed by atoms with Crippen LogP contribution in [0.25, 0.3) is 0 Å². The van der Waals surface area contributed by atoms with Gasteiger partial charge < -0.3 is 14.8 Å². The fourth-order valence-electron chi connectivity index (χ4n) is 2.84. The Bertz CT molecular complexity index is 714. The lowest BCUT2D eigenvalue weighted by Gasteiger charge is -2.15. The molecule has 2 aromatic rings. The number of benzene rings is 1. The predicted octanol–water partition coefficient (Wildman–Crippen LogP) is 4.45. The van der Waals surface area contributed by atoms with Crippen LogP contribution in [0.15, 0.2) is 29.6 Å². The Morgan fingerprint density at radius 1 is 1.46 bits per heavy atom. The molecule has 1 aliphatic heterocycles. The molecule has 1 N–H and O–H groups in total. The summed E-state index contributed by atoms with van der Waals surface area (Å²) in [6.45, 7) is 3.21. The monoisotopic (exact) mass is 394 g/mol. The second-order valence-electron chi connectivity index (χ2n) is 6.46. The van der Waals surface area contributed by atoms with E-state index in [4.69, 9.17) is 21.1 Å². The van der Waals surface area contributed by atoms with Gasteiger partial charge in [0.2, 0.25) is 0 Å². The van der Waals surface area contributed by atoms with Crippen molar-refractivity contribution in [2.24, 2.45) is 0 Å². The Morgan fingerprint density at radius 3 is 3.00 bits per heavy atom. The highest BCUT2D eigenvalue weighted by molar-refractivity contribution is 7.09. The first-order valence-corrected chi connectivity index (χ1v) is 10.1. The lowest BCUT2D eigenvalue weighted by Crippen LogP contribution is -2.33. The Labute approximate surface area is 162 Å². The van der Waals surface area contributed by atoms with Gasteiger partial charge in [0.25, 0.3) is 5.91 Å². The summed E-state index contributed by atoms with van der Waals surface area (Å²) in [4.78, 5) is 16.7. The predicted molar refractivity (Wildman–Crippen MR) is 103 cm³/mol. The van der Waals surface area contributed by atoms with Gasteiger partial charge >= 0.3 is 0 Å². The summed E-state index contributed by atoms with van der Waals surface area (Å²) in [6.07, 6.45) is 4.52. The van der Waals surface area contributed by atoms with Crippen molar-refractivity contribution in [3.05, 3.63) is 45.4 Å². The van der Waals surface area contributed by atoms with Crippen LogP contribution in [0.4, 0.5) is 0 Å². The van der Waals surface area contributed by atoms with Crippen molar-refractivity contribution in [2.75, 3.05) is 6.61 Å². The number of nitrogens with one attached hydrogen (secondary N) is 1. The van der Waals surface area contributed by atoms with Crippen molar-refractivity contribution in [1.29, 1.82) is 0 Å². The standard InChI is InChI=1S/C19H23ClN2O3S/c1-13(4-7-15-3-2-10-24-15)21-19(23)17-12-26-18(22-17)11-25-16-8-5-14(20)6-9-16/h5-6,8-9,12-13,15H,2-4,7,10-11H2,1H3,(H,21,23). The van der Waals surface area contributed by atoms with Crippen molar-refractivity contribution in [3.8, 4) is 5.75 Å². The van der Waals surface area contributed by atoms with Crippen molar-refractivity contribution in [3.63, 3.8) is 0 Å². The molecule has 26 heavy (non-hydrogen) atoms. The van der Waals surface area contributed by atoms with E-state index in [1.54, 1.807) is 29.6 Å². The zero-order valence-electron chi connectivity index (χ0n) is 14.7. The smallest absolute Gasteiger partial charge is 0.270 e. The van der Waals surface area contributed by atoms with Gasteiger partial charge in [0.1, 0.15) is 23.1 Å². The van der Waals surface area contributed by atoms with Crippen LogP contribution < -0.4 is 10.1 Å². The number of thiazole rings is 1. The topological polar surface area (TPSA) is 60.5 Å². The summed E-state index contributed by atoms with van der Waals surface area (Å²) in [7, 11) is 0. The Hall–Kier alpha value is -1.63. The molecule has 1 aliphatic rings. The van der Waals surface area contributed by atoms with E-state index in [-0.39, 0.29) is 11.9 Å². The molecule has 5 nitrogen and oxygen atoms in total. The number of hydrogen-bond acceptors (Lipinski definition) is 5. The number of ether oxygens (including phenoxy) is 2. The Morgan fingerprint density at radius 2 is 2.27 bits per heavy atom. The molecular formula is C19H23ClN2O3S. The third-order valence-electron chi connectivity index (χ3n) is 4.28. The second kappa shape index (κ2) is 9.35. The molecule has 1 aromatic carbocycles. The number of halogens is 1. The number of hydrogen-bond donors (Lipinski definition) is 1. The maximum Gasteiger partial charge on any atom is 0.270 e. The summed E-state index contributed by atoms with van der Waals surface area (Å²) in [5.41, 5.74) is 0.439. The first-order valence-electron chi connectivity index (χ1n) is 8.85. The number of nitrogens with zero attached hydrogens (tertiary/aromatic N) is 1. The van der Waals surface area contributed by atoms with Crippen LogP contribution in [-0.2, 0) is 11.3 Å². The van der Waals surface area contributed by atoms with E-state index < -0.39 is 0 Å². The van der Waals surface area contributed by atoms with Crippen LogP contribution in [0, 0.1) is 0 Å². The highest BCUT2D eigenvalue weighted by atomic mass is 35.5. The molecule has 2 unspecified atom stereocenters. The van der Waals surface area contributed by atoms with Crippen LogP contribution in [0.1, 0.15) is 48.1 Å². The molecule has 0 bridgehead atoms. The summed E-state index contributed by atoms with van der Waals surface area (Å²) in [5.74, 6) is 0.581. The van der Waals surface area contributed by atoms with Crippen molar-refractivity contribution in [1.82, 2.24) is 10.3 Å². The zero-order chi connectivity index (χ0) is 18.4. The van der Waals surface area contributed by atoms with Gasteiger partial charge in [-0.3, -0.25) is 4.79 Å². The first-order chi connectivity index (χ1) is 12.6. The van der Waals surface area contributed by atoms with Gasteiger partial charge in [-0.2, -0.15) is 0 Å². The molecule has 140 valence electrons. The minimum absolute atomic E-state index is 0.0992. The summed E-state index contributed by atoms with van der Waals surface area (Å²) >= 11 is 7.27. The van der Waals surface area contributed by atoms with E-state index in [0.29, 0.717) is 23.4 Å². The van der Waals surface area contributed by atoms with Crippen LogP contribution in [-0.4, -0.2) is 29.6 Å². The summed E-state index contributed by atoms with van der Waals surface area (Å²) in [5, 5.41) is 6.20. The summed E-state index contributed by atoms with van der Waals surface area (Å²) < 4.78 is 11.3. The number of rotatable bonds is 8. The lowest BCUT2D eigenvalue weighted by atomic mass is 10.1. The Balaban J connectivity index is 1.43. The van der Waals surface area contributed by atoms with E-state index in [2.05, 4.69) is 10.3 Å². The number of carbonyl (C=O) groups is 1. The molecule has 0 aliphatic carbocycles. The molecule has 0 saturated carbocycles. The molecule has 2 heterocycles. The minimum atomic E-state index is -0.140. The maximum absolute atomic E-state index is 12.3. The SMILES string of the molecule is CC(CCC1CCCO1)NC(=O)c1csc(COc2ccc(Cl)cc2)n1. The highest BCUT2D eigenvalue weighted by Gasteiger charge is 2.18. The average Bonchev–Trinajstić information content (AvgIpc) is 3.31. The maximum atomic E-state index is 12.3. The van der Waals surface area contributed by atoms with E-state index in [1.165, 1.54) is 11.3 Å². The normalized spacial score (nSPS) is 17.8. The van der Waals surface area contributed by atoms with Crippen molar-refractivity contribution < 1.29 is 14.3 Å². The van der Waals surface area contributed by atoms with Crippen LogP contribution in [0.5, 0.6) is 5.75 Å². The molecule has 7 heteroatoms. The fraction of sp³-hybridized carbons (Fsp3) is 0.474. The molecule has 1 saturated heterocycles. The van der Waals surface area contributed by atoms with Crippen molar-refractivity contribution >= 4 is 28.8 Å². The fourth-order valence-corrected chi connectivity index (χ4v) is 3.65. The second-order valence-corrected chi connectivity index (χ2v) is 7.84. The third kappa shape index (κ3) is 5.69. The van der Waals surface area contributed by atoms with E-state index in [1.807, 2.05) is 6.92 Å². The lowest BCUT2D eigenvalue weighted by molar-refractivity contribution is 0.0896. The molecule has 0 radical (unpaired) electrons. The number of amides is 1. The quantitative estimate of drug-likeness (QED) is 0.718. The van der Waals surface area contributed by atoms with Gasteiger partial charge in [0.15, 0.2) is 0 Å². The summed E-state index contributed by atoms with van der Waals surface area (Å²) in [6, 6.07) is 7.26. The van der Waals surface area contributed by atoms with E-state index in [9.17, 15) is 4.79 Å². The van der Waals surface area contributed by atoms with Gasteiger partial charge in [0.05, 0.1) is 6.10 Å². The van der Waals surface area contributed by atoms with Gasteiger partial charge in [0, 0.05) is 23.1 Å². The molecule has 3 rings (SSSR count). The Kier molecular flexibility index (Phi) is 6.88. The third-order valence-corrected chi connectivity index (χ3v) is 5.36. The number of aromatic nitrogens is 1. The largest absolute Gasteiger partial charge is 0.486 e. The van der Waals surface area contributed by atoms with Crippen LogP contribution >= 0.6 is 22.9 Å². The van der Waals surface area contributed by atoms with E-state index in [0.717, 1.165) is 43.0 Å². The minimum Gasteiger partial charge on any atom is -0.486 e. The highest BCUT2D eigenvalue weighted by Crippen LogP contribution is 2.19. The van der Waals surface area contributed by atoms with Gasteiger partial charge in [-0.15, -0.1) is 11.3 Å². The van der Waals surface area contributed by atoms with Gasteiger partial charge in [-0.05, 0) is 56.9 Å². The van der Waals surface area contributed by atoms with Gasteiger partial charge in [-0.1, -0.05) is 11.6 Å². The molecule has 1 amide bonds. The average molecular weight is 395 g/mol. The van der Waals surface area contributed by atoms with Crippen LogP contribution in [0.3, 0.4) is 0 Å². The zero-order valence-corrected chi connectivity index (χ0v) is 16.3. The molecule has 1 fully saturated rings. The van der Waals surface area contributed by atoms with Crippen LogP contribution in [0.2, 0.25) is 5.02 Å².